The SMILES string of the molecule is O=C(CCc1ccsc1)Nc1ccccc1F. The molecule has 2 rings (SSSR count). The molecule has 1 N–H and O–H groups in total. The number of halogens is 1. The topological polar surface area (TPSA) is 29.1 Å². The lowest BCUT2D eigenvalue weighted by Gasteiger charge is -2.05. The van der Waals surface area contributed by atoms with Gasteiger partial charge in [-0.15, -0.1) is 0 Å². The predicted octanol–water partition coefficient (Wildman–Crippen LogP) is 3.46. The van der Waals surface area contributed by atoms with Gasteiger partial charge in [-0.2, -0.15) is 11.3 Å². The Morgan fingerprint density at radius 1 is 1.29 bits per heavy atom. The molecule has 0 spiro atoms. The molecule has 0 saturated carbocycles. The highest BCUT2D eigenvalue weighted by atomic mass is 32.1. The van der Waals surface area contributed by atoms with Crippen LogP contribution < -0.4 is 5.32 Å². The molecule has 0 unspecified atom stereocenters. The van der Waals surface area contributed by atoms with E-state index < -0.39 is 5.82 Å². The summed E-state index contributed by atoms with van der Waals surface area (Å²) in [6.07, 6.45) is 1.05. The van der Waals surface area contributed by atoms with E-state index in [4.69, 9.17) is 0 Å². The van der Waals surface area contributed by atoms with Gasteiger partial charge >= 0.3 is 0 Å². The van der Waals surface area contributed by atoms with Crippen molar-refractivity contribution < 1.29 is 9.18 Å². The summed E-state index contributed by atoms with van der Waals surface area (Å²) in [5.74, 6) is -0.572. The lowest BCUT2D eigenvalue weighted by Crippen LogP contribution is -2.13. The van der Waals surface area contributed by atoms with E-state index in [1.54, 1.807) is 29.5 Å². The van der Waals surface area contributed by atoms with Crippen LogP contribution in [0.4, 0.5) is 10.1 Å². The first-order valence-corrected chi connectivity index (χ1v) is 6.25. The summed E-state index contributed by atoms with van der Waals surface area (Å²) in [6, 6.07) is 8.15. The molecule has 0 atom stereocenters. The molecule has 0 aliphatic rings. The fraction of sp³-hybridized carbons (Fsp3) is 0.154. The molecule has 1 aromatic heterocycles. The number of aryl methyl sites for hydroxylation is 1. The van der Waals surface area contributed by atoms with Crippen molar-refractivity contribution in [2.75, 3.05) is 5.32 Å². The van der Waals surface area contributed by atoms with Crippen molar-refractivity contribution in [3.05, 3.63) is 52.5 Å². The smallest absolute Gasteiger partial charge is 0.224 e. The zero-order chi connectivity index (χ0) is 12.1. The van der Waals surface area contributed by atoms with E-state index in [0.717, 1.165) is 5.56 Å². The van der Waals surface area contributed by atoms with Crippen molar-refractivity contribution in [3.63, 3.8) is 0 Å². The number of carbonyl (C=O) groups is 1. The van der Waals surface area contributed by atoms with Crippen LogP contribution in [0.25, 0.3) is 0 Å². The first kappa shape index (κ1) is 11.8. The Morgan fingerprint density at radius 2 is 2.12 bits per heavy atom. The summed E-state index contributed by atoms with van der Waals surface area (Å²) >= 11 is 1.61. The highest BCUT2D eigenvalue weighted by Gasteiger charge is 2.06. The third kappa shape index (κ3) is 3.39. The largest absolute Gasteiger partial charge is 0.324 e. The Morgan fingerprint density at radius 3 is 2.82 bits per heavy atom. The Labute approximate surface area is 103 Å². The average molecular weight is 249 g/mol. The van der Waals surface area contributed by atoms with Gasteiger partial charge in [-0.1, -0.05) is 12.1 Å². The zero-order valence-electron chi connectivity index (χ0n) is 9.15. The zero-order valence-corrected chi connectivity index (χ0v) is 9.97. The second-order valence-electron chi connectivity index (χ2n) is 3.66. The predicted molar refractivity (Wildman–Crippen MR) is 67.7 cm³/mol. The summed E-state index contributed by atoms with van der Waals surface area (Å²) in [4.78, 5) is 11.6. The molecule has 0 fully saturated rings. The molecule has 0 bridgehead atoms. The maximum Gasteiger partial charge on any atom is 0.224 e. The number of hydrogen-bond donors (Lipinski definition) is 1. The van der Waals surface area contributed by atoms with Crippen molar-refractivity contribution in [1.29, 1.82) is 0 Å². The summed E-state index contributed by atoms with van der Waals surface area (Å²) in [5, 5.41) is 6.55. The molecule has 0 saturated heterocycles. The molecule has 1 heterocycles. The normalized spacial score (nSPS) is 10.2. The molecule has 17 heavy (non-hydrogen) atoms. The summed E-state index contributed by atoms with van der Waals surface area (Å²) in [7, 11) is 0. The Balaban J connectivity index is 1.87. The number of nitrogens with one attached hydrogen (secondary N) is 1. The van der Waals surface area contributed by atoms with Crippen LogP contribution in [0.2, 0.25) is 0 Å². The van der Waals surface area contributed by atoms with Crippen molar-refractivity contribution >= 4 is 22.9 Å². The number of rotatable bonds is 4. The molecule has 0 aliphatic carbocycles. The summed E-state index contributed by atoms with van der Waals surface area (Å²) < 4.78 is 13.3. The molecular formula is C13H12FNOS. The molecule has 0 aliphatic heterocycles. The Hall–Kier alpha value is -1.68. The monoisotopic (exact) mass is 249 g/mol. The fourth-order valence-corrected chi connectivity index (χ4v) is 2.17. The van der Waals surface area contributed by atoms with Crippen LogP contribution >= 0.6 is 11.3 Å². The number of para-hydroxylation sites is 1. The number of anilines is 1. The van der Waals surface area contributed by atoms with Gasteiger partial charge in [0.2, 0.25) is 5.91 Å². The minimum Gasteiger partial charge on any atom is -0.324 e. The third-order valence-electron chi connectivity index (χ3n) is 2.37. The van der Waals surface area contributed by atoms with E-state index in [2.05, 4.69) is 5.32 Å². The highest BCUT2D eigenvalue weighted by molar-refractivity contribution is 7.07. The van der Waals surface area contributed by atoms with E-state index in [1.165, 1.54) is 6.07 Å². The number of benzene rings is 1. The van der Waals surface area contributed by atoms with E-state index in [-0.39, 0.29) is 11.6 Å². The lowest BCUT2D eigenvalue weighted by atomic mass is 10.2. The molecule has 1 amide bonds. The van der Waals surface area contributed by atoms with Gasteiger partial charge in [0, 0.05) is 6.42 Å². The minimum absolute atomic E-state index is 0.165. The average Bonchev–Trinajstić information content (AvgIpc) is 2.82. The number of thiophene rings is 1. The van der Waals surface area contributed by atoms with E-state index >= 15 is 0 Å². The minimum atomic E-state index is -0.406. The van der Waals surface area contributed by atoms with Crippen LogP contribution in [0, 0.1) is 5.82 Å². The van der Waals surface area contributed by atoms with Crippen LogP contribution in [-0.4, -0.2) is 5.91 Å². The van der Waals surface area contributed by atoms with Crippen LogP contribution in [0.3, 0.4) is 0 Å². The van der Waals surface area contributed by atoms with Crippen LogP contribution in [0.15, 0.2) is 41.1 Å². The van der Waals surface area contributed by atoms with Crippen LogP contribution in [-0.2, 0) is 11.2 Å². The molecule has 2 aromatic rings. The molecule has 4 heteroatoms. The second-order valence-corrected chi connectivity index (χ2v) is 4.44. The van der Waals surface area contributed by atoms with E-state index in [1.807, 2.05) is 16.8 Å². The van der Waals surface area contributed by atoms with Crippen molar-refractivity contribution in [2.24, 2.45) is 0 Å². The van der Waals surface area contributed by atoms with E-state index in [0.29, 0.717) is 12.8 Å². The molecular weight excluding hydrogens is 237 g/mol. The first-order chi connectivity index (χ1) is 8.25. The maximum atomic E-state index is 13.3. The van der Waals surface area contributed by atoms with Crippen LogP contribution in [0.5, 0.6) is 0 Å². The second kappa shape index (κ2) is 5.59. The van der Waals surface area contributed by atoms with Gasteiger partial charge in [0.25, 0.3) is 0 Å². The molecule has 88 valence electrons. The first-order valence-electron chi connectivity index (χ1n) is 5.31. The van der Waals surface area contributed by atoms with E-state index in [9.17, 15) is 9.18 Å². The third-order valence-corrected chi connectivity index (χ3v) is 3.10. The highest BCUT2D eigenvalue weighted by Crippen LogP contribution is 2.13. The maximum absolute atomic E-state index is 13.3. The van der Waals surface area contributed by atoms with Gasteiger partial charge in [-0.25, -0.2) is 4.39 Å². The number of carbonyl (C=O) groups excluding carboxylic acids is 1. The number of amides is 1. The number of hydrogen-bond acceptors (Lipinski definition) is 2. The lowest BCUT2D eigenvalue weighted by molar-refractivity contribution is -0.116. The van der Waals surface area contributed by atoms with Gasteiger partial charge in [-0.3, -0.25) is 4.79 Å². The van der Waals surface area contributed by atoms with Gasteiger partial charge in [0.15, 0.2) is 0 Å². The van der Waals surface area contributed by atoms with Crippen molar-refractivity contribution in [1.82, 2.24) is 0 Å². The quantitative estimate of drug-likeness (QED) is 0.883. The molecule has 2 nitrogen and oxygen atoms in total. The van der Waals surface area contributed by atoms with Crippen molar-refractivity contribution in [2.45, 2.75) is 12.8 Å². The Kier molecular flexibility index (Phi) is 3.88. The standard InChI is InChI=1S/C13H12FNOS/c14-11-3-1-2-4-12(11)15-13(16)6-5-10-7-8-17-9-10/h1-4,7-9H,5-6H2,(H,15,16). The van der Waals surface area contributed by atoms with Crippen molar-refractivity contribution in [3.8, 4) is 0 Å². The molecule has 1 aromatic carbocycles. The summed E-state index contributed by atoms with van der Waals surface area (Å²) in [6.45, 7) is 0. The van der Waals surface area contributed by atoms with Gasteiger partial charge in [0.1, 0.15) is 5.82 Å². The van der Waals surface area contributed by atoms with Crippen LogP contribution in [0.1, 0.15) is 12.0 Å². The Bertz CT molecular complexity index is 496. The van der Waals surface area contributed by atoms with Gasteiger partial charge < -0.3 is 5.32 Å². The molecule has 0 radical (unpaired) electrons. The fourth-order valence-electron chi connectivity index (χ4n) is 1.47. The summed E-state index contributed by atoms with van der Waals surface area (Å²) in [5.41, 5.74) is 1.38. The van der Waals surface area contributed by atoms with Gasteiger partial charge in [-0.05, 0) is 40.9 Å². The van der Waals surface area contributed by atoms with Gasteiger partial charge in [0.05, 0.1) is 5.69 Å².